The average Bonchev–Trinajstić information content (AvgIpc) is 2.74. The number of aromatic nitrogens is 1. The van der Waals surface area contributed by atoms with Crippen molar-refractivity contribution in [3.63, 3.8) is 0 Å². The van der Waals surface area contributed by atoms with Crippen LogP contribution in [0.2, 0.25) is 0 Å². The Morgan fingerprint density at radius 2 is 2.00 bits per heavy atom. The van der Waals surface area contributed by atoms with Crippen LogP contribution in [0.4, 0.5) is 0 Å². The molecule has 1 aromatic heterocycles. The minimum atomic E-state index is 0.210. The summed E-state index contributed by atoms with van der Waals surface area (Å²) in [6.45, 7) is 0.767. The van der Waals surface area contributed by atoms with Gasteiger partial charge in [0.2, 0.25) is 0 Å². The highest BCUT2D eigenvalue weighted by atomic mass is 79.9. The van der Waals surface area contributed by atoms with E-state index in [1.807, 2.05) is 0 Å². The number of aryl methyl sites for hydroxylation is 1. The Balaban J connectivity index is 2.11. The SMILES string of the molecule is Cn1cc(Br)c2cc(C3(CN)CCCCC3)ccc21. The number of hydrogen-bond acceptors (Lipinski definition) is 1. The van der Waals surface area contributed by atoms with Crippen molar-refractivity contribution in [2.24, 2.45) is 12.8 Å². The zero-order chi connectivity index (χ0) is 13.5. The summed E-state index contributed by atoms with van der Waals surface area (Å²) in [6.07, 6.45) is 8.58. The lowest BCUT2D eigenvalue weighted by Crippen LogP contribution is -2.37. The summed E-state index contributed by atoms with van der Waals surface area (Å²) in [7, 11) is 2.09. The molecule has 3 heteroatoms. The molecule has 1 fully saturated rings. The molecule has 3 rings (SSSR count). The molecule has 1 aromatic carbocycles. The highest BCUT2D eigenvalue weighted by Gasteiger charge is 2.32. The molecule has 1 heterocycles. The van der Waals surface area contributed by atoms with Crippen molar-refractivity contribution in [1.82, 2.24) is 4.57 Å². The lowest BCUT2D eigenvalue weighted by Gasteiger charge is -2.37. The van der Waals surface area contributed by atoms with Crippen LogP contribution in [0.3, 0.4) is 0 Å². The third-order valence-corrected chi connectivity index (χ3v) is 5.39. The molecule has 2 nitrogen and oxygen atoms in total. The number of halogens is 1. The van der Waals surface area contributed by atoms with Gasteiger partial charge in [0.25, 0.3) is 0 Å². The van der Waals surface area contributed by atoms with Crippen molar-refractivity contribution in [3.05, 3.63) is 34.4 Å². The van der Waals surface area contributed by atoms with E-state index in [0.29, 0.717) is 0 Å². The van der Waals surface area contributed by atoms with E-state index >= 15 is 0 Å². The fourth-order valence-electron chi connectivity index (χ4n) is 3.51. The highest BCUT2D eigenvalue weighted by Crippen LogP contribution is 2.40. The van der Waals surface area contributed by atoms with Gasteiger partial charge < -0.3 is 10.3 Å². The fourth-order valence-corrected chi connectivity index (χ4v) is 4.14. The Kier molecular flexibility index (Phi) is 3.44. The van der Waals surface area contributed by atoms with E-state index < -0.39 is 0 Å². The normalized spacial score (nSPS) is 18.9. The predicted octanol–water partition coefficient (Wildman–Crippen LogP) is 4.10. The maximum Gasteiger partial charge on any atom is 0.0489 e. The van der Waals surface area contributed by atoms with Gasteiger partial charge in [-0.2, -0.15) is 0 Å². The molecule has 2 aromatic rings. The van der Waals surface area contributed by atoms with Crippen LogP contribution in [0.1, 0.15) is 37.7 Å². The van der Waals surface area contributed by atoms with E-state index in [1.54, 1.807) is 0 Å². The Hall–Kier alpha value is -0.800. The summed E-state index contributed by atoms with van der Waals surface area (Å²) in [5.41, 5.74) is 9.05. The Bertz CT molecular complexity index is 594. The zero-order valence-corrected chi connectivity index (χ0v) is 13.0. The molecule has 19 heavy (non-hydrogen) atoms. The first-order valence-corrected chi connectivity index (χ1v) is 7.91. The van der Waals surface area contributed by atoms with Crippen LogP contribution in [0.5, 0.6) is 0 Å². The number of nitrogens with zero attached hydrogens (tertiary/aromatic N) is 1. The van der Waals surface area contributed by atoms with Gasteiger partial charge in [-0.05, 0) is 46.5 Å². The Morgan fingerprint density at radius 3 is 2.68 bits per heavy atom. The molecule has 0 saturated heterocycles. The summed E-state index contributed by atoms with van der Waals surface area (Å²) >= 11 is 3.66. The lowest BCUT2D eigenvalue weighted by atomic mass is 9.69. The van der Waals surface area contributed by atoms with Gasteiger partial charge in [-0.3, -0.25) is 0 Å². The summed E-state index contributed by atoms with van der Waals surface area (Å²) in [4.78, 5) is 0. The summed E-state index contributed by atoms with van der Waals surface area (Å²) in [5.74, 6) is 0. The molecule has 1 aliphatic carbocycles. The number of benzene rings is 1. The summed E-state index contributed by atoms with van der Waals surface area (Å²) in [6, 6.07) is 6.87. The van der Waals surface area contributed by atoms with Gasteiger partial charge in [-0.15, -0.1) is 0 Å². The minimum absolute atomic E-state index is 0.210. The van der Waals surface area contributed by atoms with Crippen molar-refractivity contribution >= 4 is 26.8 Å². The molecule has 0 unspecified atom stereocenters. The van der Waals surface area contributed by atoms with Gasteiger partial charge in [0.1, 0.15) is 0 Å². The molecular weight excluding hydrogens is 300 g/mol. The zero-order valence-electron chi connectivity index (χ0n) is 11.5. The summed E-state index contributed by atoms with van der Waals surface area (Å²) < 4.78 is 3.34. The van der Waals surface area contributed by atoms with Gasteiger partial charge in [-0.1, -0.05) is 25.3 Å². The van der Waals surface area contributed by atoms with E-state index in [-0.39, 0.29) is 5.41 Å². The van der Waals surface area contributed by atoms with Crippen LogP contribution in [0.25, 0.3) is 10.9 Å². The highest BCUT2D eigenvalue weighted by molar-refractivity contribution is 9.10. The van der Waals surface area contributed by atoms with Gasteiger partial charge >= 0.3 is 0 Å². The standard InChI is InChI=1S/C16H21BrN2/c1-19-10-14(17)13-9-12(5-6-15(13)19)16(11-18)7-3-2-4-8-16/h5-6,9-10H,2-4,7-8,11,18H2,1H3. The quantitative estimate of drug-likeness (QED) is 0.887. The Labute approximate surface area is 123 Å². The van der Waals surface area contributed by atoms with E-state index in [1.165, 1.54) is 53.0 Å². The predicted molar refractivity (Wildman–Crippen MR) is 84.4 cm³/mol. The van der Waals surface area contributed by atoms with Gasteiger partial charge in [-0.25, -0.2) is 0 Å². The van der Waals surface area contributed by atoms with Crippen molar-refractivity contribution in [1.29, 1.82) is 0 Å². The molecule has 0 spiro atoms. The third-order valence-electron chi connectivity index (χ3n) is 4.75. The number of fused-ring (bicyclic) bond motifs is 1. The second-order valence-electron chi connectivity index (χ2n) is 5.86. The largest absolute Gasteiger partial charge is 0.349 e. The number of rotatable bonds is 2. The fraction of sp³-hybridized carbons (Fsp3) is 0.500. The number of nitrogens with two attached hydrogens (primary N) is 1. The molecule has 2 N–H and O–H groups in total. The van der Waals surface area contributed by atoms with Crippen LogP contribution < -0.4 is 5.73 Å². The second kappa shape index (κ2) is 4.95. The molecule has 1 aliphatic rings. The molecule has 0 bridgehead atoms. The van der Waals surface area contributed by atoms with Gasteiger partial charge in [0.05, 0.1) is 0 Å². The van der Waals surface area contributed by atoms with Crippen LogP contribution in [-0.4, -0.2) is 11.1 Å². The van der Waals surface area contributed by atoms with E-state index in [2.05, 4.69) is 51.9 Å². The summed E-state index contributed by atoms with van der Waals surface area (Å²) in [5, 5.41) is 1.30. The van der Waals surface area contributed by atoms with Gasteiger partial charge in [0, 0.05) is 40.6 Å². The molecule has 102 valence electrons. The monoisotopic (exact) mass is 320 g/mol. The van der Waals surface area contributed by atoms with Gasteiger partial charge in [0.15, 0.2) is 0 Å². The maximum absolute atomic E-state index is 6.14. The first-order valence-electron chi connectivity index (χ1n) is 7.11. The molecular formula is C16H21BrN2. The molecule has 0 atom stereocenters. The first kappa shape index (κ1) is 13.2. The average molecular weight is 321 g/mol. The number of hydrogen-bond donors (Lipinski definition) is 1. The molecule has 0 aliphatic heterocycles. The Morgan fingerprint density at radius 1 is 1.26 bits per heavy atom. The topological polar surface area (TPSA) is 30.9 Å². The lowest BCUT2D eigenvalue weighted by molar-refractivity contribution is 0.301. The van der Waals surface area contributed by atoms with Crippen molar-refractivity contribution in [2.75, 3.05) is 6.54 Å². The van der Waals surface area contributed by atoms with E-state index in [4.69, 9.17) is 5.73 Å². The van der Waals surface area contributed by atoms with E-state index in [0.717, 1.165) is 6.54 Å². The first-order chi connectivity index (χ1) is 9.16. The molecule has 0 radical (unpaired) electrons. The van der Waals surface area contributed by atoms with Crippen LogP contribution >= 0.6 is 15.9 Å². The molecule has 1 saturated carbocycles. The van der Waals surface area contributed by atoms with Crippen molar-refractivity contribution in [3.8, 4) is 0 Å². The minimum Gasteiger partial charge on any atom is -0.349 e. The molecule has 0 amide bonds. The third kappa shape index (κ3) is 2.13. The van der Waals surface area contributed by atoms with Crippen molar-refractivity contribution in [2.45, 2.75) is 37.5 Å². The van der Waals surface area contributed by atoms with Crippen molar-refractivity contribution < 1.29 is 0 Å². The maximum atomic E-state index is 6.14. The van der Waals surface area contributed by atoms with Crippen LogP contribution in [0.15, 0.2) is 28.9 Å². The van der Waals surface area contributed by atoms with E-state index in [9.17, 15) is 0 Å². The second-order valence-corrected chi connectivity index (χ2v) is 6.72. The smallest absolute Gasteiger partial charge is 0.0489 e. The van der Waals surface area contributed by atoms with Crippen LogP contribution in [-0.2, 0) is 12.5 Å². The van der Waals surface area contributed by atoms with Crippen LogP contribution in [0, 0.1) is 0 Å².